The van der Waals surface area contributed by atoms with Crippen LogP contribution >= 0.6 is 23.4 Å². The molecule has 1 atom stereocenters. The van der Waals surface area contributed by atoms with Crippen molar-refractivity contribution in [3.05, 3.63) is 77.6 Å². The van der Waals surface area contributed by atoms with Gasteiger partial charge >= 0.3 is 0 Å². The number of hydrogen-bond donors (Lipinski definition) is 1. The van der Waals surface area contributed by atoms with Crippen LogP contribution in [0.1, 0.15) is 24.9 Å². The minimum Gasteiger partial charge on any atom is -0.497 e. The van der Waals surface area contributed by atoms with Crippen LogP contribution in [-0.2, 0) is 10.5 Å². The number of carbonyl (C=O) groups is 1. The topological polar surface area (TPSA) is 69.0 Å². The van der Waals surface area contributed by atoms with Gasteiger partial charge in [-0.1, -0.05) is 48.5 Å². The number of halogens is 1. The highest BCUT2D eigenvalue weighted by atomic mass is 35.5. The molecule has 8 heteroatoms. The minimum absolute atomic E-state index is 0.117. The van der Waals surface area contributed by atoms with Crippen molar-refractivity contribution in [2.45, 2.75) is 30.3 Å². The first-order valence-corrected chi connectivity index (χ1v) is 11.6. The van der Waals surface area contributed by atoms with Crippen LogP contribution in [0.25, 0.3) is 11.0 Å². The van der Waals surface area contributed by atoms with Gasteiger partial charge in [-0.15, -0.1) is 0 Å². The number of fused-ring (bicyclic) bond motifs is 1. The molecule has 0 saturated carbocycles. The number of imidazole rings is 1. The molecule has 0 bridgehead atoms. The molecule has 164 valence electrons. The van der Waals surface area contributed by atoms with Crippen molar-refractivity contribution in [1.29, 1.82) is 0 Å². The van der Waals surface area contributed by atoms with E-state index in [9.17, 15) is 4.79 Å². The Morgan fingerprint density at radius 2 is 2.06 bits per heavy atom. The molecule has 1 unspecified atom stereocenters. The van der Waals surface area contributed by atoms with Gasteiger partial charge in [-0.3, -0.25) is 9.78 Å². The maximum Gasteiger partial charge on any atom is 0.247 e. The van der Waals surface area contributed by atoms with Gasteiger partial charge in [0.05, 0.1) is 24.3 Å². The number of pyridine rings is 1. The molecule has 0 fully saturated rings. The monoisotopic (exact) mass is 466 g/mol. The summed E-state index contributed by atoms with van der Waals surface area (Å²) in [7, 11) is 1.60. The number of benzene rings is 2. The molecule has 6 nitrogen and oxygen atoms in total. The van der Waals surface area contributed by atoms with Gasteiger partial charge in [0.15, 0.2) is 5.16 Å². The molecule has 2 aromatic heterocycles. The van der Waals surface area contributed by atoms with E-state index < -0.39 is 6.04 Å². The van der Waals surface area contributed by atoms with Crippen LogP contribution in [0.2, 0.25) is 5.02 Å². The van der Waals surface area contributed by atoms with Crippen molar-refractivity contribution in [3.63, 3.8) is 0 Å². The number of rotatable bonds is 8. The molecule has 1 amide bonds. The molecule has 2 aromatic carbocycles. The van der Waals surface area contributed by atoms with E-state index in [2.05, 4.69) is 10.3 Å². The molecular formula is C24H23ClN4O2S. The third-order valence-electron chi connectivity index (χ3n) is 5.05. The fraction of sp³-hybridized carbons (Fsp3) is 0.208. The maximum absolute atomic E-state index is 13.3. The SMILES string of the molecule is CCC(C(=O)Nc1cccc(OC)c1)n1c(SCc2cccc(Cl)c2)nc2ccncc21. The van der Waals surface area contributed by atoms with Gasteiger partial charge in [-0.05, 0) is 42.3 Å². The second kappa shape index (κ2) is 10.1. The summed E-state index contributed by atoms with van der Waals surface area (Å²) in [6.07, 6.45) is 4.07. The number of nitrogens with zero attached hydrogens (tertiary/aromatic N) is 3. The second-order valence-corrected chi connectivity index (χ2v) is 8.57. The first kappa shape index (κ1) is 22.2. The third kappa shape index (κ3) is 4.89. The lowest BCUT2D eigenvalue weighted by Gasteiger charge is -2.20. The molecule has 0 aliphatic heterocycles. The fourth-order valence-electron chi connectivity index (χ4n) is 3.51. The molecule has 4 rings (SSSR count). The van der Waals surface area contributed by atoms with Gasteiger partial charge in [0.2, 0.25) is 5.91 Å². The van der Waals surface area contributed by atoms with Gasteiger partial charge in [0, 0.05) is 28.7 Å². The Hall–Kier alpha value is -3.03. The van der Waals surface area contributed by atoms with E-state index in [-0.39, 0.29) is 5.91 Å². The largest absolute Gasteiger partial charge is 0.497 e. The Bertz CT molecular complexity index is 1240. The standard InChI is InChI=1S/C24H23ClN4O2S/c1-3-21(23(30)27-18-8-5-9-19(13-18)31-2)29-22-14-26-11-10-20(22)28-24(29)32-15-16-6-4-7-17(25)12-16/h4-14,21H,3,15H2,1-2H3,(H,27,30). The van der Waals surface area contributed by atoms with E-state index in [0.717, 1.165) is 21.8 Å². The Labute approximate surface area is 196 Å². The highest BCUT2D eigenvalue weighted by molar-refractivity contribution is 7.98. The second-order valence-electron chi connectivity index (χ2n) is 7.19. The Balaban J connectivity index is 1.65. The maximum atomic E-state index is 13.3. The number of methoxy groups -OCH3 is 1. The lowest BCUT2D eigenvalue weighted by Crippen LogP contribution is -2.26. The van der Waals surface area contributed by atoms with Crippen LogP contribution in [0.5, 0.6) is 5.75 Å². The van der Waals surface area contributed by atoms with Crippen molar-refractivity contribution in [2.75, 3.05) is 12.4 Å². The van der Waals surface area contributed by atoms with Crippen LogP contribution in [0.15, 0.2) is 72.1 Å². The predicted octanol–water partition coefficient (Wildman–Crippen LogP) is 5.98. The number of ether oxygens (including phenoxy) is 1. The zero-order valence-corrected chi connectivity index (χ0v) is 19.4. The number of amides is 1. The van der Waals surface area contributed by atoms with Gasteiger partial charge in [0.25, 0.3) is 0 Å². The number of carbonyl (C=O) groups excluding carboxylic acids is 1. The summed E-state index contributed by atoms with van der Waals surface area (Å²) in [5, 5.41) is 4.48. The number of anilines is 1. The summed E-state index contributed by atoms with van der Waals surface area (Å²) in [5.74, 6) is 1.25. The molecule has 1 N–H and O–H groups in total. The highest BCUT2D eigenvalue weighted by Crippen LogP contribution is 2.32. The van der Waals surface area contributed by atoms with Crippen molar-refractivity contribution in [1.82, 2.24) is 14.5 Å². The molecular weight excluding hydrogens is 444 g/mol. The number of thioether (sulfide) groups is 1. The molecule has 0 spiro atoms. The summed E-state index contributed by atoms with van der Waals surface area (Å²) >= 11 is 7.71. The first-order chi connectivity index (χ1) is 15.6. The summed E-state index contributed by atoms with van der Waals surface area (Å²) < 4.78 is 7.25. The van der Waals surface area contributed by atoms with Gasteiger partial charge < -0.3 is 14.6 Å². The van der Waals surface area contributed by atoms with Crippen molar-refractivity contribution >= 4 is 46.0 Å². The van der Waals surface area contributed by atoms with Crippen LogP contribution in [0.3, 0.4) is 0 Å². The van der Waals surface area contributed by atoms with Gasteiger partial charge in [-0.25, -0.2) is 4.98 Å². The van der Waals surface area contributed by atoms with E-state index in [1.165, 1.54) is 0 Å². The predicted molar refractivity (Wildman–Crippen MR) is 129 cm³/mol. The first-order valence-electron chi connectivity index (χ1n) is 10.2. The normalized spacial score (nSPS) is 12.0. The van der Waals surface area contributed by atoms with Crippen molar-refractivity contribution in [2.24, 2.45) is 0 Å². The Kier molecular flexibility index (Phi) is 6.97. The summed E-state index contributed by atoms with van der Waals surface area (Å²) in [4.78, 5) is 22.4. The Morgan fingerprint density at radius 3 is 2.84 bits per heavy atom. The zero-order chi connectivity index (χ0) is 22.5. The molecule has 32 heavy (non-hydrogen) atoms. The quantitative estimate of drug-likeness (QED) is 0.324. The van der Waals surface area contributed by atoms with E-state index in [1.807, 2.05) is 60.0 Å². The van der Waals surface area contributed by atoms with Crippen LogP contribution in [0.4, 0.5) is 5.69 Å². The van der Waals surface area contributed by atoms with E-state index in [0.29, 0.717) is 28.6 Å². The number of aromatic nitrogens is 3. The molecule has 0 radical (unpaired) electrons. The van der Waals surface area contributed by atoms with Gasteiger partial charge in [-0.2, -0.15) is 0 Å². The van der Waals surface area contributed by atoms with Crippen molar-refractivity contribution < 1.29 is 9.53 Å². The lowest BCUT2D eigenvalue weighted by atomic mass is 10.2. The minimum atomic E-state index is -0.447. The highest BCUT2D eigenvalue weighted by Gasteiger charge is 2.25. The van der Waals surface area contributed by atoms with Crippen molar-refractivity contribution in [3.8, 4) is 5.75 Å². The molecule has 0 saturated heterocycles. The zero-order valence-electron chi connectivity index (χ0n) is 17.8. The lowest BCUT2D eigenvalue weighted by molar-refractivity contribution is -0.119. The van der Waals surface area contributed by atoms with Crippen LogP contribution < -0.4 is 10.1 Å². The van der Waals surface area contributed by atoms with E-state index in [4.69, 9.17) is 21.3 Å². The van der Waals surface area contributed by atoms with Gasteiger partial charge in [0.1, 0.15) is 11.8 Å². The fourth-order valence-corrected chi connectivity index (χ4v) is 4.72. The Morgan fingerprint density at radius 1 is 1.22 bits per heavy atom. The number of nitrogens with one attached hydrogen (secondary N) is 1. The smallest absolute Gasteiger partial charge is 0.247 e. The molecule has 0 aliphatic carbocycles. The summed E-state index contributed by atoms with van der Waals surface area (Å²) in [6, 6.07) is 16.5. The van der Waals surface area contributed by atoms with E-state index >= 15 is 0 Å². The third-order valence-corrected chi connectivity index (χ3v) is 6.31. The van der Waals surface area contributed by atoms with Crippen LogP contribution in [-0.4, -0.2) is 27.6 Å². The van der Waals surface area contributed by atoms with Crippen LogP contribution in [0, 0.1) is 0 Å². The molecule has 2 heterocycles. The summed E-state index contributed by atoms with van der Waals surface area (Å²) in [5.41, 5.74) is 3.41. The molecule has 0 aliphatic rings. The molecule has 4 aromatic rings. The number of hydrogen-bond acceptors (Lipinski definition) is 5. The average molecular weight is 467 g/mol. The summed E-state index contributed by atoms with van der Waals surface area (Å²) in [6.45, 7) is 1.99. The van der Waals surface area contributed by atoms with E-state index in [1.54, 1.807) is 37.3 Å². The average Bonchev–Trinajstić information content (AvgIpc) is 3.17.